The van der Waals surface area contributed by atoms with Crippen LogP contribution in [0.4, 0.5) is 0 Å². The molecule has 0 spiro atoms. The quantitative estimate of drug-likeness (QED) is 0.0669. The molecular weight excluding hydrogens is 1070 g/mol. The van der Waals surface area contributed by atoms with Crippen LogP contribution in [0.25, 0.3) is 11.4 Å². The highest BCUT2D eigenvalue weighted by atomic mass is 35.5. The molecule has 7 heterocycles. The number of aromatic nitrogens is 12. The Kier molecular flexibility index (Phi) is 19.5. The summed E-state index contributed by atoms with van der Waals surface area (Å²) in [5.74, 6) is 2.02. The second-order valence-electron chi connectivity index (χ2n) is 18.1. The van der Waals surface area contributed by atoms with Gasteiger partial charge in [0, 0.05) is 38.0 Å². The summed E-state index contributed by atoms with van der Waals surface area (Å²) in [6.45, 7) is 11.5. The lowest BCUT2D eigenvalue weighted by Gasteiger charge is -2.25. The van der Waals surface area contributed by atoms with Gasteiger partial charge in [0.1, 0.15) is 59.4 Å². The molecule has 8 rings (SSSR count). The molecule has 0 radical (unpaired) electrons. The van der Waals surface area contributed by atoms with Gasteiger partial charge in [-0.2, -0.15) is 9.97 Å². The first-order chi connectivity index (χ1) is 36.3. The molecule has 1 aromatic carbocycles. The molecule has 0 bridgehead atoms. The van der Waals surface area contributed by atoms with Crippen molar-refractivity contribution in [3.8, 4) is 34.6 Å². The van der Waals surface area contributed by atoms with Gasteiger partial charge in [-0.25, -0.2) is 36.8 Å². The van der Waals surface area contributed by atoms with Gasteiger partial charge in [-0.15, -0.1) is 20.4 Å². The number of ether oxygens (including phenoxy) is 8. The number of para-hydroxylation sites is 1. The fourth-order valence-corrected chi connectivity index (χ4v) is 11.4. The topological polar surface area (TPSA) is 281 Å². The molecule has 0 saturated carbocycles. The summed E-state index contributed by atoms with van der Waals surface area (Å²) in [6, 6.07) is 5.32. The minimum Gasteiger partial charge on any atom is -0.494 e. The Morgan fingerprint density at radius 2 is 0.974 bits per heavy atom. The zero-order valence-electron chi connectivity index (χ0n) is 43.7. The summed E-state index contributed by atoms with van der Waals surface area (Å²) in [5.41, 5.74) is 0.781. The first kappa shape index (κ1) is 58.0. The van der Waals surface area contributed by atoms with Crippen LogP contribution in [-0.4, -0.2) is 141 Å². The number of hydrogen-bond acceptors (Lipinski definition) is 22. The van der Waals surface area contributed by atoms with Crippen molar-refractivity contribution < 1.29 is 54.7 Å². The van der Waals surface area contributed by atoms with Crippen LogP contribution in [0.5, 0.6) is 23.3 Å². The summed E-state index contributed by atoms with van der Waals surface area (Å²) < 4.78 is 104. The van der Waals surface area contributed by atoms with E-state index in [-0.39, 0.29) is 59.1 Å². The first-order valence-electron chi connectivity index (χ1n) is 24.3. The average Bonchev–Trinajstić information content (AvgIpc) is 4.26. The molecular formula is C48H62Cl2N12O12S2. The van der Waals surface area contributed by atoms with E-state index in [1.54, 1.807) is 55.0 Å². The van der Waals surface area contributed by atoms with Crippen LogP contribution in [0, 0.1) is 0 Å². The van der Waals surface area contributed by atoms with Crippen LogP contribution in [-0.2, 0) is 50.1 Å². The maximum Gasteiger partial charge on any atom is 0.245 e. The highest BCUT2D eigenvalue weighted by molar-refractivity contribution is 7.91. The lowest BCUT2D eigenvalue weighted by atomic mass is 10.2. The molecule has 0 aliphatic carbocycles. The van der Waals surface area contributed by atoms with Gasteiger partial charge in [0.15, 0.2) is 60.3 Å². The van der Waals surface area contributed by atoms with E-state index in [9.17, 15) is 16.8 Å². The third-order valence-corrected chi connectivity index (χ3v) is 16.7. The second kappa shape index (κ2) is 25.6. The molecule has 2 aliphatic rings. The molecule has 2 aliphatic heterocycles. The molecule has 412 valence electrons. The molecule has 0 unspecified atom stereocenters. The van der Waals surface area contributed by atoms with Crippen molar-refractivity contribution in [2.24, 2.45) is 0 Å². The Morgan fingerprint density at radius 3 is 1.32 bits per heavy atom. The second-order valence-corrected chi connectivity index (χ2v) is 23.7. The first-order valence-corrected chi connectivity index (χ1v) is 28.5. The number of rotatable bonds is 22. The lowest BCUT2D eigenvalue weighted by Crippen LogP contribution is -2.32. The molecule has 2 saturated heterocycles. The summed E-state index contributed by atoms with van der Waals surface area (Å²) >= 11 is 11.9. The van der Waals surface area contributed by atoms with Gasteiger partial charge in [-0.1, -0.05) is 29.3 Å². The van der Waals surface area contributed by atoms with Crippen molar-refractivity contribution in [3.63, 3.8) is 0 Å². The Bertz CT molecular complexity index is 2850. The maximum absolute atomic E-state index is 13.8. The summed E-state index contributed by atoms with van der Waals surface area (Å²) in [4.78, 5) is 25.2. The third kappa shape index (κ3) is 13.3. The van der Waals surface area contributed by atoms with Crippen molar-refractivity contribution in [2.45, 2.75) is 126 Å². The van der Waals surface area contributed by atoms with E-state index < -0.39 is 60.0 Å². The molecule has 5 aromatic heterocycles. The summed E-state index contributed by atoms with van der Waals surface area (Å²) in [5, 5.41) is 15.9. The minimum absolute atomic E-state index is 0.120. The van der Waals surface area contributed by atoms with Crippen LogP contribution in [0.15, 0.2) is 49.3 Å². The van der Waals surface area contributed by atoms with E-state index in [4.69, 9.17) is 61.1 Å². The predicted octanol–water partition coefficient (Wildman–Crippen LogP) is 6.89. The Labute approximate surface area is 451 Å². The molecule has 2 fully saturated rings. The van der Waals surface area contributed by atoms with Crippen LogP contribution >= 0.6 is 23.2 Å². The lowest BCUT2D eigenvalue weighted by molar-refractivity contribution is 0.00122. The number of halogens is 2. The Hall–Kier alpha value is -5.74. The Morgan fingerprint density at radius 1 is 0.579 bits per heavy atom. The van der Waals surface area contributed by atoms with E-state index >= 15 is 0 Å². The van der Waals surface area contributed by atoms with E-state index in [1.807, 2.05) is 13.8 Å². The molecule has 76 heavy (non-hydrogen) atoms. The monoisotopic (exact) mass is 1130 g/mol. The van der Waals surface area contributed by atoms with Crippen molar-refractivity contribution in [2.75, 3.05) is 41.7 Å². The van der Waals surface area contributed by atoms with Gasteiger partial charge in [0.2, 0.25) is 11.8 Å². The van der Waals surface area contributed by atoms with Crippen LogP contribution in [0.1, 0.15) is 127 Å². The summed E-state index contributed by atoms with van der Waals surface area (Å²) in [6.07, 6.45) is 6.86. The molecule has 6 atom stereocenters. The predicted molar refractivity (Wildman–Crippen MR) is 277 cm³/mol. The van der Waals surface area contributed by atoms with Gasteiger partial charge in [0.25, 0.3) is 0 Å². The number of methoxy groups -OCH3 is 4. The molecule has 28 heteroatoms. The van der Waals surface area contributed by atoms with Gasteiger partial charge < -0.3 is 37.9 Å². The van der Waals surface area contributed by atoms with Gasteiger partial charge in [-0.05, 0) is 79.4 Å². The normalized spacial score (nSPS) is 17.5. The van der Waals surface area contributed by atoms with E-state index in [1.165, 1.54) is 59.6 Å². The largest absolute Gasteiger partial charge is 0.494 e. The zero-order valence-corrected chi connectivity index (χ0v) is 46.9. The molecule has 0 N–H and O–H groups in total. The van der Waals surface area contributed by atoms with Gasteiger partial charge >= 0.3 is 0 Å². The van der Waals surface area contributed by atoms with E-state index in [2.05, 4.69) is 50.3 Å². The molecule has 0 amide bonds. The van der Waals surface area contributed by atoms with E-state index in [0.29, 0.717) is 58.5 Å². The van der Waals surface area contributed by atoms with Crippen molar-refractivity contribution in [1.82, 2.24) is 59.4 Å². The Balaban J connectivity index is 0.000000221. The van der Waals surface area contributed by atoms with Crippen molar-refractivity contribution in [1.29, 1.82) is 0 Å². The SMILES string of the molecule is COc1cccc(OC)c1-n1c(CS(=O)(=O)[C@@H](C)[C@@H](OC(C)C)c2ncc(Cl)cn2)nnc1[C@H]1CCCO1.COc1ncnc(OC)c1-n1c(CS(=O)(=O)[C@@H](C)[C@@H](OC(C)C)c2ncc(Cl)cn2)nnc1[C@@H]1CCCO1. The zero-order chi connectivity index (χ0) is 54.9. The summed E-state index contributed by atoms with van der Waals surface area (Å²) in [7, 11) is -1.84. The fraction of sp³-hybridized carbons (Fsp3) is 0.542. The highest BCUT2D eigenvalue weighted by Crippen LogP contribution is 2.40. The molecule has 6 aromatic rings. The third-order valence-electron chi connectivity index (χ3n) is 12.2. The highest BCUT2D eigenvalue weighted by Gasteiger charge is 2.40. The van der Waals surface area contributed by atoms with Gasteiger partial charge in [0.05, 0.1) is 61.2 Å². The average molecular weight is 1130 g/mol. The van der Waals surface area contributed by atoms with Crippen molar-refractivity contribution >= 4 is 42.9 Å². The fourth-order valence-electron chi connectivity index (χ4n) is 8.49. The maximum atomic E-state index is 13.8. The standard InChI is InChI=1S/C25H32ClN5O6S.C23H30ClN7O6S/c1-15(2)37-23(24-27-12-17(26)13-28-24)16(3)38(32,33)14-21-29-30-25(20-10-7-11-36-20)31(21)22-18(34-4)8-6-9-19(22)35-5;1-13(2)37-19(20-25-9-15(24)10-26-20)14(3)38(32,33)11-17-29-30-21(16-7-6-8-36-16)31(17)18-22(34-4)27-12-28-23(18)35-5/h6,8-9,12-13,15-16,20,23H,7,10-11,14H2,1-5H3;9-10,12-14,16,19H,6-8,11H2,1-5H3/t16-,20+,23+;14-,16-,19+/m00/s1. The van der Waals surface area contributed by atoms with Gasteiger partial charge in [-0.3, -0.25) is 9.13 Å². The van der Waals surface area contributed by atoms with Crippen LogP contribution in [0.2, 0.25) is 10.0 Å². The van der Waals surface area contributed by atoms with E-state index in [0.717, 1.165) is 19.3 Å². The molecule has 24 nitrogen and oxygen atoms in total. The number of benzene rings is 1. The number of sulfone groups is 2. The van der Waals surface area contributed by atoms with Crippen molar-refractivity contribution in [3.05, 3.63) is 94.3 Å². The van der Waals surface area contributed by atoms with Crippen LogP contribution in [0.3, 0.4) is 0 Å². The van der Waals surface area contributed by atoms with Crippen LogP contribution < -0.4 is 18.9 Å². The smallest absolute Gasteiger partial charge is 0.245 e. The number of nitrogens with zero attached hydrogens (tertiary/aromatic N) is 12. The number of hydrogen-bond donors (Lipinski definition) is 0. The minimum atomic E-state index is -3.92.